The minimum atomic E-state index is 0.0244. The highest BCUT2D eigenvalue weighted by atomic mass is 16.1. The topological polar surface area (TPSA) is 29.1 Å². The maximum atomic E-state index is 11.9. The molecule has 0 spiro atoms. The Labute approximate surface area is 105 Å². The summed E-state index contributed by atoms with van der Waals surface area (Å²) in [5, 5.41) is 3.02. The fourth-order valence-corrected chi connectivity index (χ4v) is 2.04. The average molecular weight is 231 g/mol. The first-order chi connectivity index (χ1) is 7.69. The SMILES string of the molecule is Bc1cc(C)c(NC(=O)CC(C)(C)C)c(C)c1. The van der Waals surface area contributed by atoms with Crippen LogP contribution in [0.4, 0.5) is 5.69 Å². The van der Waals surface area contributed by atoms with E-state index in [1.54, 1.807) is 0 Å². The molecule has 0 atom stereocenters. The van der Waals surface area contributed by atoms with E-state index in [0.29, 0.717) is 6.42 Å². The molecule has 3 heteroatoms. The maximum absolute atomic E-state index is 11.9. The third-order valence-electron chi connectivity index (χ3n) is 2.63. The van der Waals surface area contributed by atoms with Crippen LogP contribution >= 0.6 is 0 Å². The van der Waals surface area contributed by atoms with Crippen molar-refractivity contribution in [3.05, 3.63) is 23.3 Å². The second kappa shape index (κ2) is 4.95. The number of hydrogen-bond acceptors (Lipinski definition) is 1. The van der Waals surface area contributed by atoms with E-state index >= 15 is 0 Å². The van der Waals surface area contributed by atoms with Crippen molar-refractivity contribution in [2.45, 2.75) is 41.0 Å². The molecule has 92 valence electrons. The molecule has 1 rings (SSSR count). The van der Waals surface area contributed by atoms with Gasteiger partial charge in [-0.05, 0) is 30.4 Å². The van der Waals surface area contributed by atoms with Gasteiger partial charge in [0.25, 0.3) is 0 Å². The highest BCUT2D eigenvalue weighted by Gasteiger charge is 2.17. The van der Waals surface area contributed by atoms with Crippen LogP contribution in [0.1, 0.15) is 38.3 Å². The van der Waals surface area contributed by atoms with Crippen LogP contribution in [0, 0.1) is 19.3 Å². The van der Waals surface area contributed by atoms with Crippen molar-refractivity contribution >= 4 is 24.9 Å². The second-order valence-electron chi connectivity index (χ2n) is 6.06. The molecule has 1 amide bonds. The van der Waals surface area contributed by atoms with Crippen molar-refractivity contribution in [2.75, 3.05) is 5.32 Å². The number of carbonyl (C=O) groups is 1. The van der Waals surface area contributed by atoms with Gasteiger partial charge in [0.1, 0.15) is 7.85 Å². The molecule has 17 heavy (non-hydrogen) atoms. The van der Waals surface area contributed by atoms with E-state index in [1.165, 1.54) is 5.46 Å². The Bertz CT molecular complexity index is 409. The number of rotatable bonds is 2. The van der Waals surface area contributed by atoms with Crippen LogP contribution < -0.4 is 10.8 Å². The molecule has 1 aromatic rings. The Morgan fingerprint density at radius 3 is 2.12 bits per heavy atom. The van der Waals surface area contributed by atoms with Crippen molar-refractivity contribution in [2.24, 2.45) is 5.41 Å². The van der Waals surface area contributed by atoms with Gasteiger partial charge in [0.05, 0.1) is 0 Å². The number of carbonyl (C=O) groups excluding carboxylic acids is 1. The van der Waals surface area contributed by atoms with Crippen LogP contribution in [0.5, 0.6) is 0 Å². The minimum Gasteiger partial charge on any atom is -0.326 e. The first kappa shape index (κ1) is 13.8. The summed E-state index contributed by atoms with van der Waals surface area (Å²) in [6.45, 7) is 10.3. The Balaban J connectivity index is 2.86. The van der Waals surface area contributed by atoms with Crippen molar-refractivity contribution in [1.29, 1.82) is 0 Å². The summed E-state index contributed by atoms with van der Waals surface area (Å²) in [5.74, 6) is 0.0903. The van der Waals surface area contributed by atoms with Gasteiger partial charge in [-0.1, -0.05) is 38.4 Å². The predicted molar refractivity (Wildman–Crippen MR) is 76.8 cm³/mol. The molecule has 0 heterocycles. The van der Waals surface area contributed by atoms with Crippen LogP contribution in [0.3, 0.4) is 0 Å². The molecule has 1 aromatic carbocycles. The molecule has 0 bridgehead atoms. The van der Waals surface area contributed by atoms with E-state index in [4.69, 9.17) is 0 Å². The van der Waals surface area contributed by atoms with Gasteiger partial charge in [0.15, 0.2) is 0 Å². The molecule has 0 aliphatic heterocycles. The van der Waals surface area contributed by atoms with Gasteiger partial charge in [-0.15, -0.1) is 0 Å². The monoisotopic (exact) mass is 231 g/mol. The molecule has 0 aliphatic rings. The summed E-state index contributed by atoms with van der Waals surface area (Å²) in [5.41, 5.74) is 4.48. The quantitative estimate of drug-likeness (QED) is 0.774. The number of aryl methyl sites for hydroxylation is 2. The van der Waals surface area contributed by atoms with Crippen LogP contribution in [0.25, 0.3) is 0 Å². The Kier molecular flexibility index (Phi) is 4.02. The number of benzene rings is 1. The van der Waals surface area contributed by atoms with Gasteiger partial charge >= 0.3 is 0 Å². The fourth-order valence-electron chi connectivity index (χ4n) is 2.04. The van der Waals surface area contributed by atoms with Gasteiger partial charge in [-0.2, -0.15) is 0 Å². The van der Waals surface area contributed by atoms with Gasteiger partial charge < -0.3 is 5.32 Å². The van der Waals surface area contributed by atoms with Crippen LogP contribution in [0.15, 0.2) is 12.1 Å². The molecule has 0 saturated carbocycles. The highest BCUT2D eigenvalue weighted by molar-refractivity contribution is 6.32. The standard InChI is InChI=1S/C14H22BNO/c1-9-6-11(15)7-10(2)13(9)16-12(17)8-14(3,4)5/h6-7H,8,15H2,1-5H3,(H,16,17). The number of hydrogen-bond donors (Lipinski definition) is 1. The lowest BCUT2D eigenvalue weighted by Gasteiger charge is -2.19. The first-order valence-corrected chi connectivity index (χ1v) is 6.07. The van der Waals surface area contributed by atoms with Crippen LogP contribution in [-0.2, 0) is 4.79 Å². The zero-order valence-corrected chi connectivity index (χ0v) is 11.8. The molecule has 0 fully saturated rings. The Hall–Kier alpha value is -1.25. The minimum absolute atomic E-state index is 0.0244. The summed E-state index contributed by atoms with van der Waals surface area (Å²) >= 11 is 0. The predicted octanol–water partition coefficient (Wildman–Crippen LogP) is 1.94. The van der Waals surface area contributed by atoms with E-state index in [1.807, 2.05) is 13.8 Å². The lowest BCUT2D eigenvalue weighted by Crippen LogP contribution is -2.21. The molecule has 0 aromatic heterocycles. The zero-order valence-electron chi connectivity index (χ0n) is 11.8. The summed E-state index contributed by atoms with van der Waals surface area (Å²) in [6.07, 6.45) is 0.541. The molecule has 0 aliphatic carbocycles. The van der Waals surface area contributed by atoms with E-state index in [2.05, 4.69) is 46.1 Å². The average Bonchev–Trinajstić information content (AvgIpc) is 2.08. The Morgan fingerprint density at radius 2 is 1.71 bits per heavy atom. The van der Waals surface area contributed by atoms with Gasteiger partial charge in [-0.25, -0.2) is 0 Å². The smallest absolute Gasteiger partial charge is 0.224 e. The largest absolute Gasteiger partial charge is 0.326 e. The Morgan fingerprint density at radius 1 is 1.24 bits per heavy atom. The molecular weight excluding hydrogens is 209 g/mol. The van der Waals surface area contributed by atoms with Gasteiger partial charge in [-0.3, -0.25) is 4.79 Å². The fraction of sp³-hybridized carbons (Fsp3) is 0.500. The highest BCUT2D eigenvalue weighted by Crippen LogP contribution is 2.22. The first-order valence-electron chi connectivity index (χ1n) is 6.07. The van der Waals surface area contributed by atoms with Gasteiger partial charge in [0, 0.05) is 12.1 Å². The number of anilines is 1. The molecule has 1 N–H and O–H groups in total. The molecule has 0 radical (unpaired) electrons. The van der Waals surface area contributed by atoms with Crippen molar-refractivity contribution in [3.8, 4) is 0 Å². The van der Waals surface area contributed by atoms with E-state index in [9.17, 15) is 4.79 Å². The van der Waals surface area contributed by atoms with E-state index in [-0.39, 0.29) is 11.3 Å². The van der Waals surface area contributed by atoms with Crippen molar-refractivity contribution in [3.63, 3.8) is 0 Å². The summed E-state index contributed by atoms with van der Waals surface area (Å²) in [7, 11) is 2.07. The lowest BCUT2D eigenvalue weighted by atomic mass is 9.90. The molecular formula is C14H22BNO. The maximum Gasteiger partial charge on any atom is 0.224 e. The number of nitrogens with one attached hydrogen (secondary N) is 1. The normalized spacial score (nSPS) is 11.4. The summed E-state index contributed by atoms with van der Waals surface area (Å²) in [6, 6.07) is 4.19. The van der Waals surface area contributed by atoms with Crippen LogP contribution in [0.2, 0.25) is 0 Å². The summed E-state index contributed by atoms with van der Waals surface area (Å²) < 4.78 is 0. The molecule has 0 unspecified atom stereocenters. The van der Waals surface area contributed by atoms with E-state index < -0.39 is 0 Å². The van der Waals surface area contributed by atoms with E-state index in [0.717, 1.165) is 16.8 Å². The molecule has 0 saturated heterocycles. The summed E-state index contributed by atoms with van der Waals surface area (Å²) in [4.78, 5) is 11.9. The number of amides is 1. The third kappa shape index (κ3) is 4.25. The van der Waals surface area contributed by atoms with Gasteiger partial charge in [0.2, 0.25) is 5.91 Å². The molecule has 2 nitrogen and oxygen atoms in total. The van der Waals surface area contributed by atoms with Crippen molar-refractivity contribution in [1.82, 2.24) is 0 Å². The van der Waals surface area contributed by atoms with Crippen molar-refractivity contribution < 1.29 is 4.79 Å². The third-order valence-corrected chi connectivity index (χ3v) is 2.63. The van der Waals surface area contributed by atoms with Crippen LogP contribution in [-0.4, -0.2) is 13.8 Å². The second-order valence-corrected chi connectivity index (χ2v) is 6.06. The lowest BCUT2D eigenvalue weighted by molar-refractivity contribution is -0.117. The zero-order chi connectivity index (χ0) is 13.2.